The highest BCUT2D eigenvalue weighted by Crippen LogP contribution is 2.35. The van der Waals surface area contributed by atoms with E-state index < -0.39 is 0 Å². The SMILES string of the molecule is COc1ccc(-c2cnc(-c3ccccc3C(=O)NC3CCCCCCC3)o2)c(OC)c1. The fraction of sp³-hybridized carbons (Fsp3) is 0.385. The zero-order chi connectivity index (χ0) is 22.3. The van der Waals surface area contributed by atoms with Crippen LogP contribution in [0.4, 0.5) is 0 Å². The van der Waals surface area contributed by atoms with Crippen LogP contribution in [-0.2, 0) is 0 Å². The summed E-state index contributed by atoms with van der Waals surface area (Å²) in [6.07, 6.45) is 9.85. The molecule has 1 saturated carbocycles. The Kier molecular flexibility index (Phi) is 7.10. The maximum absolute atomic E-state index is 13.1. The third-order valence-electron chi connectivity index (χ3n) is 6.02. The second-order valence-corrected chi connectivity index (χ2v) is 8.16. The molecule has 32 heavy (non-hydrogen) atoms. The van der Waals surface area contributed by atoms with E-state index in [-0.39, 0.29) is 11.9 Å². The average molecular weight is 435 g/mol. The van der Waals surface area contributed by atoms with E-state index in [0.717, 1.165) is 18.4 Å². The van der Waals surface area contributed by atoms with Gasteiger partial charge in [-0.2, -0.15) is 0 Å². The van der Waals surface area contributed by atoms with Crippen LogP contribution in [0.1, 0.15) is 55.3 Å². The number of benzene rings is 2. The van der Waals surface area contributed by atoms with Crippen molar-refractivity contribution in [2.24, 2.45) is 0 Å². The lowest BCUT2D eigenvalue weighted by Gasteiger charge is -2.21. The monoisotopic (exact) mass is 434 g/mol. The molecule has 0 radical (unpaired) electrons. The van der Waals surface area contributed by atoms with Crippen LogP contribution in [-0.4, -0.2) is 31.2 Å². The van der Waals surface area contributed by atoms with E-state index in [2.05, 4.69) is 10.3 Å². The van der Waals surface area contributed by atoms with Crippen molar-refractivity contribution in [3.8, 4) is 34.3 Å². The molecule has 168 valence electrons. The molecule has 1 aromatic heterocycles. The van der Waals surface area contributed by atoms with Gasteiger partial charge in [0.05, 0.1) is 31.5 Å². The molecule has 1 aliphatic carbocycles. The van der Waals surface area contributed by atoms with Gasteiger partial charge in [0.25, 0.3) is 5.91 Å². The summed E-state index contributed by atoms with van der Waals surface area (Å²) in [4.78, 5) is 17.6. The van der Waals surface area contributed by atoms with Crippen molar-refractivity contribution in [2.75, 3.05) is 14.2 Å². The highest BCUT2D eigenvalue weighted by Gasteiger charge is 2.21. The second-order valence-electron chi connectivity index (χ2n) is 8.16. The number of carbonyl (C=O) groups excluding carboxylic acids is 1. The van der Waals surface area contributed by atoms with E-state index in [4.69, 9.17) is 13.9 Å². The molecule has 1 N–H and O–H groups in total. The predicted molar refractivity (Wildman–Crippen MR) is 124 cm³/mol. The first-order valence-corrected chi connectivity index (χ1v) is 11.3. The van der Waals surface area contributed by atoms with E-state index in [1.54, 1.807) is 26.5 Å². The lowest BCUT2D eigenvalue weighted by molar-refractivity contribution is 0.0931. The second kappa shape index (κ2) is 10.4. The number of carbonyl (C=O) groups is 1. The van der Waals surface area contributed by atoms with Crippen LogP contribution in [0.25, 0.3) is 22.8 Å². The Morgan fingerprint density at radius 1 is 0.969 bits per heavy atom. The number of hydrogen-bond acceptors (Lipinski definition) is 5. The number of amides is 1. The number of oxazole rings is 1. The number of hydrogen-bond donors (Lipinski definition) is 1. The standard InChI is InChI=1S/C26H30N2O4/c1-30-19-14-15-22(23(16-19)31-2)24-17-27-26(32-24)21-13-9-8-12-20(21)25(29)28-18-10-6-4-3-5-7-11-18/h8-9,12-18H,3-7,10-11H2,1-2H3,(H,28,29). The maximum atomic E-state index is 13.1. The van der Waals surface area contributed by atoms with Crippen molar-refractivity contribution in [1.82, 2.24) is 10.3 Å². The number of nitrogens with zero attached hydrogens (tertiary/aromatic N) is 1. The molecular weight excluding hydrogens is 404 g/mol. The molecule has 6 nitrogen and oxygen atoms in total. The van der Waals surface area contributed by atoms with Crippen LogP contribution in [0.2, 0.25) is 0 Å². The van der Waals surface area contributed by atoms with E-state index in [1.807, 2.05) is 36.4 Å². The van der Waals surface area contributed by atoms with Gasteiger partial charge in [-0.05, 0) is 37.1 Å². The summed E-state index contributed by atoms with van der Waals surface area (Å²) in [6.45, 7) is 0. The smallest absolute Gasteiger partial charge is 0.252 e. The van der Waals surface area contributed by atoms with Gasteiger partial charge in [0.15, 0.2) is 5.76 Å². The molecule has 1 aliphatic rings. The Morgan fingerprint density at radius 3 is 2.47 bits per heavy atom. The molecule has 1 fully saturated rings. The molecule has 0 unspecified atom stereocenters. The first kappa shape index (κ1) is 21.9. The molecule has 3 aromatic rings. The third-order valence-corrected chi connectivity index (χ3v) is 6.02. The van der Waals surface area contributed by atoms with Crippen molar-refractivity contribution in [2.45, 2.75) is 51.0 Å². The van der Waals surface area contributed by atoms with Gasteiger partial charge in [-0.3, -0.25) is 4.79 Å². The molecular formula is C26H30N2O4. The predicted octanol–water partition coefficient (Wildman–Crippen LogP) is 5.87. The van der Waals surface area contributed by atoms with E-state index >= 15 is 0 Å². The van der Waals surface area contributed by atoms with Crippen molar-refractivity contribution < 1.29 is 18.7 Å². The van der Waals surface area contributed by atoms with E-state index in [1.165, 1.54) is 32.1 Å². The summed E-state index contributed by atoms with van der Waals surface area (Å²) in [5.41, 5.74) is 2.02. The molecule has 2 aromatic carbocycles. The van der Waals surface area contributed by atoms with Crippen LogP contribution in [0.15, 0.2) is 53.1 Å². The lowest BCUT2D eigenvalue weighted by atomic mass is 9.96. The normalized spacial score (nSPS) is 14.9. The molecule has 0 atom stereocenters. The minimum absolute atomic E-state index is 0.0760. The summed E-state index contributed by atoms with van der Waals surface area (Å²) < 4.78 is 16.8. The molecule has 4 rings (SSSR count). The first-order valence-electron chi connectivity index (χ1n) is 11.3. The number of rotatable bonds is 6. The highest BCUT2D eigenvalue weighted by molar-refractivity contribution is 6.00. The fourth-order valence-electron chi connectivity index (χ4n) is 4.26. The van der Waals surface area contributed by atoms with Gasteiger partial charge < -0.3 is 19.2 Å². The quantitative estimate of drug-likeness (QED) is 0.525. The Balaban J connectivity index is 1.58. The van der Waals surface area contributed by atoms with Crippen LogP contribution < -0.4 is 14.8 Å². The Hall–Kier alpha value is -3.28. The van der Waals surface area contributed by atoms with E-state index in [9.17, 15) is 4.79 Å². The van der Waals surface area contributed by atoms with Crippen molar-refractivity contribution in [1.29, 1.82) is 0 Å². The number of methoxy groups -OCH3 is 2. The summed E-state index contributed by atoms with van der Waals surface area (Å²) in [7, 11) is 3.21. The number of nitrogens with one attached hydrogen (secondary N) is 1. The molecule has 1 heterocycles. The van der Waals surface area contributed by atoms with Crippen molar-refractivity contribution in [3.63, 3.8) is 0 Å². The van der Waals surface area contributed by atoms with E-state index in [0.29, 0.717) is 34.3 Å². The summed E-state index contributed by atoms with van der Waals surface area (Å²) >= 11 is 0. The molecule has 0 bridgehead atoms. The zero-order valence-electron chi connectivity index (χ0n) is 18.7. The van der Waals surface area contributed by atoms with Gasteiger partial charge in [0.1, 0.15) is 11.5 Å². The lowest BCUT2D eigenvalue weighted by Crippen LogP contribution is -2.35. The molecule has 0 saturated heterocycles. The summed E-state index contributed by atoms with van der Waals surface area (Å²) in [5.74, 6) is 2.22. The minimum atomic E-state index is -0.0760. The molecule has 1 amide bonds. The van der Waals surface area contributed by atoms with Gasteiger partial charge in [-0.1, -0.05) is 44.2 Å². The molecule has 0 spiro atoms. The topological polar surface area (TPSA) is 73.6 Å². The molecule has 6 heteroatoms. The molecule has 0 aliphatic heterocycles. The first-order chi connectivity index (χ1) is 15.7. The van der Waals surface area contributed by atoms with Crippen LogP contribution >= 0.6 is 0 Å². The van der Waals surface area contributed by atoms with Gasteiger partial charge >= 0.3 is 0 Å². The summed E-state index contributed by atoms with van der Waals surface area (Å²) in [5, 5.41) is 3.24. The largest absolute Gasteiger partial charge is 0.497 e. The fourth-order valence-corrected chi connectivity index (χ4v) is 4.26. The number of ether oxygens (including phenoxy) is 2. The van der Waals surface area contributed by atoms with Gasteiger partial charge in [-0.25, -0.2) is 4.98 Å². The Morgan fingerprint density at radius 2 is 1.72 bits per heavy atom. The van der Waals surface area contributed by atoms with Gasteiger partial charge in [0.2, 0.25) is 5.89 Å². The van der Waals surface area contributed by atoms with Crippen LogP contribution in [0, 0.1) is 0 Å². The Bertz CT molecular complexity index is 1050. The van der Waals surface area contributed by atoms with Gasteiger partial charge in [-0.15, -0.1) is 0 Å². The Labute approximate surface area is 189 Å². The zero-order valence-corrected chi connectivity index (χ0v) is 18.7. The highest BCUT2D eigenvalue weighted by atomic mass is 16.5. The van der Waals surface area contributed by atoms with Gasteiger partial charge in [0, 0.05) is 17.7 Å². The summed E-state index contributed by atoms with van der Waals surface area (Å²) in [6, 6.07) is 13.2. The average Bonchev–Trinajstić information content (AvgIpc) is 3.30. The van der Waals surface area contributed by atoms with Crippen molar-refractivity contribution >= 4 is 5.91 Å². The van der Waals surface area contributed by atoms with Crippen molar-refractivity contribution in [3.05, 3.63) is 54.2 Å². The maximum Gasteiger partial charge on any atom is 0.252 e. The number of aromatic nitrogens is 1. The van der Waals surface area contributed by atoms with Crippen LogP contribution in [0.5, 0.6) is 11.5 Å². The minimum Gasteiger partial charge on any atom is -0.497 e. The van der Waals surface area contributed by atoms with Crippen LogP contribution in [0.3, 0.4) is 0 Å². The third kappa shape index (κ3) is 4.96.